The Morgan fingerprint density at radius 3 is 2.43 bits per heavy atom. The number of fused-ring (bicyclic) bond motifs is 1. The molecule has 0 saturated carbocycles. The lowest BCUT2D eigenvalue weighted by Gasteiger charge is -2.35. The lowest BCUT2D eigenvalue weighted by atomic mass is 9.89. The fourth-order valence-corrected chi connectivity index (χ4v) is 3.14. The molecule has 0 aliphatic carbocycles. The molecule has 108 valence electrons. The Labute approximate surface area is 127 Å². The molecule has 0 spiro atoms. The Morgan fingerprint density at radius 2 is 1.67 bits per heavy atom. The van der Waals surface area contributed by atoms with Crippen molar-refractivity contribution >= 4 is 11.3 Å². The van der Waals surface area contributed by atoms with Crippen LogP contribution in [0.3, 0.4) is 0 Å². The van der Waals surface area contributed by atoms with E-state index >= 15 is 0 Å². The molecule has 2 aromatic rings. The number of anilines is 1. The van der Waals surface area contributed by atoms with Gasteiger partial charge in [0.25, 0.3) is 0 Å². The second-order valence-corrected chi connectivity index (χ2v) is 5.78. The van der Waals surface area contributed by atoms with E-state index in [1.807, 2.05) is 0 Å². The van der Waals surface area contributed by atoms with Gasteiger partial charge in [-0.05, 0) is 23.6 Å². The number of para-hydroxylation sites is 1. The van der Waals surface area contributed by atoms with Gasteiger partial charge in [0.05, 0.1) is 0 Å². The second kappa shape index (κ2) is 6.17. The molecular formula is C20H23N. The van der Waals surface area contributed by atoms with E-state index in [4.69, 9.17) is 0 Å². The zero-order chi connectivity index (χ0) is 14.7. The number of likely N-dealkylation sites (N-methyl/N-ethyl adjacent to an activating group) is 1. The van der Waals surface area contributed by atoms with Gasteiger partial charge in [0.15, 0.2) is 0 Å². The van der Waals surface area contributed by atoms with Crippen molar-refractivity contribution < 1.29 is 0 Å². The Kier molecular flexibility index (Phi) is 4.10. The molecule has 0 bridgehead atoms. The van der Waals surface area contributed by atoms with Crippen molar-refractivity contribution in [1.82, 2.24) is 0 Å². The van der Waals surface area contributed by atoms with Gasteiger partial charge in [-0.1, -0.05) is 74.4 Å². The number of nitrogens with zero attached hydrogens (tertiary/aromatic N) is 1. The summed E-state index contributed by atoms with van der Waals surface area (Å²) in [5.41, 5.74) is 5.39. The normalized spacial score (nSPS) is 17.3. The van der Waals surface area contributed by atoms with E-state index in [1.54, 1.807) is 0 Å². The number of hydrogen-bond acceptors (Lipinski definition) is 1. The first-order valence-corrected chi connectivity index (χ1v) is 7.90. The zero-order valence-corrected chi connectivity index (χ0v) is 12.9. The highest BCUT2D eigenvalue weighted by Crippen LogP contribution is 2.37. The highest BCUT2D eigenvalue weighted by atomic mass is 15.1. The maximum absolute atomic E-state index is 2.45. The van der Waals surface area contributed by atoms with Gasteiger partial charge in [0.1, 0.15) is 0 Å². The Bertz CT molecular complexity index is 627. The third-order valence-corrected chi connectivity index (χ3v) is 4.37. The zero-order valence-electron chi connectivity index (χ0n) is 12.9. The molecule has 0 radical (unpaired) electrons. The topological polar surface area (TPSA) is 3.24 Å². The highest BCUT2D eigenvalue weighted by Gasteiger charge is 2.23. The molecule has 0 aromatic heterocycles. The molecule has 1 heteroatoms. The summed E-state index contributed by atoms with van der Waals surface area (Å²) in [6.07, 6.45) is 6.20. The van der Waals surface area contributed by atoms with Crippen LogP contribution in [0, 0.1) is 0 Å². The summed E-state index contributed by atoms with van der Waals surface area (Å²) >= 11 is 0. The average molecular weight is 277 g/mol. The Morgan fingerprint density at radius 1 is 0.952 bits per heavy atom. The summed E-state index contributed by atoms with van der Waals surface area (Å²) in [4.78, 5) is 2.43. The van der Waals surface area contributed by atoms with Crippen LogP contribution in [-0.4, -0.2) is 13.1 Å². The molecule has 1 heterocycles. The monoisotopic (exact) mass is 277 g/mol. The minimum absolute atomic E-state index is 0.495. The van der Waals surface area contributed by atoms with Gasteiger partial charge in [0, 0.05) is 24.3 Å². The summed E-state index contributed by atoms with van der Waals surface area (Å²) in [7, 11) is 2.22. The van der Waals surface area contributed by atoms with Crippen LogP contribution in [0.25, 0.3) is 5.57 Å². The Balaban J connectivity index is 2.06. The first kappa shape index (κ1) is 13.9. The molecule has 1 atom stereocenters. The van der Waals surface area contributed by atoms with E-state index in [1.165, 1.54) is 41.6 Å². The lowest BCUT2D eigenvalue weighted by Crippen LogP contribution is -2.33. The van der Waals surface area contributed by atoms with E-state index in [9.17, 15) is 0 Å². The summed E-state index contributed by atoms with van der Waals surface area (Å²) < 4.78 is 0. The molecule has 2 aromatic carbocycles. The number of hydrogen-bond donors (Lipinski definition) is 0. The fraction of sp³-hybridized carbons (Fsp3) is 0.300. The van der Waals surface area contributed by atoms with Crippen molar-refractivity contribution in [3.63, 3.8) is 0 Å². The predicted octanol–water partition coefficient (Wildman–Crippen LogP) is 5.13. The summed E-state index contributed by atoms with van der Waals surface area (Å²) in [5, 5.41) is 0. The van der Waals surface area contributed by atoms with E-state index in [-0.39, 0.29) is 0 Å². The van der Waals surface area contributed by atoms with Gasteiger partial charge >= 0.3 is 0 Å². The van der Waals surface area contributed by atoms with Crippen molar-refractivity contribution in [1.29, 1.82) is 0 Å². The molecule has 1 nitrogen and oxygen atoms in total. The molecule has 0 amide bonds. The van der Waals surface area contributed by atoms with Gasteiger partial charge < -0.3 is 4.90 Å². The van der Waals surface area contributed by atoms with E-state index in [2.05, 4.69) is 79.5 Å². The third kappa shape index (κ3) is 2.73. The molecule has 0 saturated heterocycles. The number of rotatable bonds is 4. The number of benzene rings is 2. The smallest absolute Gasteiger partial charge is 0.0479 e. The van der Waals surface area contributed by atoms with E-state index in [0.717, 1.165) is 0 Å². The van der Waals surface area contributed by atoms with Crippen LogP contribution in [0.2, 0.25) is 0 Å². The minimum Gasteiger partial charge on any atom is -0.368 e. The van der Waals surface area contributed by atoms with Crippen molar-refractivity contribution in [3.8, 4) is 0 Å². The molecular weight excluding hydrogens is 254 g/mol. The first-order valence-electron chi connectivity index (χ1n) is 7.90. The van der Waals surface area contributed by atoms with E-state index < -0.39 is 0 Å². The summed E-state index contributed by atoms with van der Waals surface area (Å²) in [6.45, 7) is 2.26. The molecule has 1 unspecified atom stereocenters. The van der Waals surface area contributed by atoms with Crippen LogP contribution in [0.15, 0.2) is 60.7 Å². The SMILES string of the molecule is CCCCC1C=C(c2ccccc2)c2ccccc2N1C. The maximum Gasteiger partial charge on any atom is 0.0479 e. The second-order valence-electron chi connectivity index (χ2n) is 5.78. The molecule has 0 N–H and O–H groups in total. The molecule has 21 heavy (non-hydrogen) atoms. The summed E-state index contributed by atoms with van der Waals surface area (Å²) in [6, 6.07) is 20.0. The third-order valence-electron chi connectivity index (χ3n) is 4.37. The lowest BCUT2D eigenvalue weighted by molar-refractivity contribution is 0.624. The maximum atomic E-state index is 2.45. The van der Waals surface area contributed by atoms with Gasteiger partial charge in [0.2, 0.25) is 0 Å². The van der Waals surface area contributed by atoms with Crippen molar-refractivity contribution in [2.24, 2.45) is 0 Å². The van der Waals surface area contributed by atoms with Crippen molar-refractivity contribution in [2.45, 2.75) is 32.2 Å². The molecule has 0 fully saturated rings. The van der Waals surface area contributed by atoms with Gasteiger partial charge in [-0.25, -0.2) is 0 Å². The first-order chi connectivity index (χ1) is 10.3. The Hall–Kier alpha value is -2.02. The van der Waals surface area contributed by atoms with Crippen molar-refractivity contribution in [2.75, 3.05) is 11.9 Å². The van der Waals surface area contributed by atoms with Crippen LogP contribution >= 0.6 is 0 Å². The van der Waals surface area contributed by atoms with Crippen molar-refractivity contribution in [3.05, 3.63) is 71.8 Å². The molecule has 1 aliphatic rings. The number of unbranched alkanes of at least 4 members (excludes halogenated alkanes) is 1. The van der Waals surface area contributed by atoms with E-state index in [0.29, 0.717) is 6.04 Å². The highest BCUT2D eigenvalue weighted by molar-refractivity contribution is 5.89. The molecule has 3 rings (SSSR count). The van der Waals surface area contributed by atoms with Crippen LogP contribution < -0.4 is 4.90 Å². The largest absolute Gasteiger partial charge is 0.368 e. The fourth-order valence-electron chi connectivity index (χ4n) is 3.14. The summed E-state index contributed by atoms with van der Waals surface area (Å²) in [5.74, 6) is 0. The van der Waals surface area contributed by atoms with Gasteiger partial charge in [-0.15, -0.1) is 0 Å². The quantitative estimate of drug-likeness (QED) is 0.749. The minimum atomic E-state index is 0.495. The van der Waals surface area contributed by atoms with Crippen LogP contribution in [0.1, 0.15) is 37.3 Å². The van der Waals surface area contributed by atoms with Crippen LogP contribution in [-0.2, 0) is 0 Å². The standard InChI is InChI=1S/C20H23N/c1-3-4-12-17-15-19(16-10-6-5-7-11-16)18-13-8-9-14-20(18)21(17)2/h5-11,13-15,17H,3-4,12H2,1-2H3. The van der Waals surface area contributed by atoms with Gasteiger partial charge in [-0.3, -0.25) is 0 Å². The average Bonchev–Trinajstić information content (AvgIpc) is 2.55. The van der Waals surface area contributed by atoms with Crippen LogP contribution in [0.4, 0.5) is 5.69 Å². The van der Waals surface area contributed by atoms with Crippen LogP contribution in [0.5, 0.6) is 0 Å². The predicted molar refractivity (Wildman–Crippen MR) is 91.7 cm³/mol. The molecule has 1 aliphatic heterocycles. The van der Waals surface area contributed by atoms with Gasteiger partial charge in [-0.2, -0.15) is 0 Å².